The zero-order chi connectivity index (χ0) is 8.48. The molecule has 11 heavy (non-hydrogen) atoms. The Balaban J connectivity index is 2.53. The van der Waals surface area contributed by atoms with Crippen LogP contribution in [-0.4, -0.2) is 11.9 Å². The Hall–Kier alpha value is -1.00. The third kappa shape index (κ3) is 2.61. The van der Waals surface area contributed by atoms with Gasteiger partial charge in [0, 0.05) is 0 Å². The second kappa shape index (κ2) is 2.56. The second-order valence-electron chi connectivity index (χ2n) is 2.27. The van der Waals surface area contributed by atoms with Crippen LogP contribution in [0.3, 0.4) is 0 Å². The number of rotatable bonds is 1. The van der Waals surface area contributed by atoms with Gasteiger partial charge in [-0.1, -0.05) is 0 Å². The summed E-state index contributed by atoms with van der Waals surface area (Å²) in [7, 11) is 0. The smallest absolute Gasteiger partial charge is 0.171 e. The third-order valence-electron chi connectivity index (χ3n) is 1.09. The van der Waals surface area contributed by atoms with Crippen molar-refractivity contribution in [1.29, 1.82) is 0 Å². The minimum Gasteiger partial charge on any atom is -0.171 e. The zero-order valence-electron chi connectivity index (χ0n) is 5.81. The van der Waals surface area contributed by atoms with Crippen LogP contribution in [0.1, 0.15) is 13.3 Å². The Kier molecular flexibility index (Phi) is 1.89. The van der Waals surface area contributed by atoms with Crippen LogP contribution in [-0.2, 0) is 0 Å². The van der Waals surface area contributed by atoms with Crippen molar-refractivity contribution in [3.05, 3.63) is 11.8 Å². The molecule has 1 heterocycles. The molecule has 2 nitrogen and oxygen atoms in total. The van der Waals surface area contributed by atoms with Gasteiger partial charge in [-0.2, -0.15) is 23.7 Å². The normalized spacial score (nSPS) is 17.5. The van der Waals surface area contributed by atoms with Crippen LogP contribution in [0, 0.1) is 0 Å². The van der Waals surface area contributed by atoms with Crippen LogP contribution < -0.4 is 5.43 Å². The van der Waals surface area contributed by atoms with Crippen molar-refractivity contribution in [1.82, 2.24) is 5.43 Å². The molecule has 0 aliphatic carbocycles. The lowest BCUT2D eigenvalue weighted by atomic mass is 10.2. The van der Waals surface area contributed by atoms with Crippen LogP contribution in [0.4, 0.5) is 13.2 Å². The lowest BCUT2D eigenvalue weighted by Gasteiger charge is -2.01. The average Bonchev–Trinajstić information content (AvgIpc) is 2.10. The molecule has 0 aromatic carbocycles. The molecule has 0 spiro atoms. The Morgan fingerprint density at radius 3 is 2.45 bits per heavy atom. The fourth-order valence-corrected chi connectivity index (χ4v) is 0.734. The maximum atomic E-state index is 11.7. The van der Waals surface area contributed by atoms with Crippen LogP contribution >= 0.6 is 0 Å². The Morgan fingerprint density at radius 2 is 2.09 bits per heavy atom. The first kappa shape index (κ1) is 8.10. The van der Waals surface area contributed by atoms with E-state index in [4.69, 9.17) is 0 Å². The molecule has 0 fully saturated rings. The highest BCUT2D eigenvalue weighted by Gasteiger charge is 2.30. The molecule has 1 aliphatic heterocycles. The molecule has 61 valence electrons. The predicted octanol–water partition coefficient (Wildman–Crippen LogP) is 1.82. The predicted molar refractivity (Wildman–Crippen MR) is 34.0 cm³/mol. The zero-order valence-corrected chi connectivity index (χ0v) is 5.81. The van der Waals surface area contributed by atoms with Crippen LogP contribution in [0.2, 0.25) is 0 Å². The maximum Gasteiger partial charge on any atom is 0.394 e. The Bertz CT molecular complexity index is 214. The topological polar surface area (TPSA) is 26.5 Å². The highest BCUT2D eigenvalue weighted by molar-refractivity contribution is 5.97. The number of hydrogen-bond donors (Lipinski definition) is 0. The molecule has 5 heteroatoms. The summed E-state index contributed by atoms with van der Waals surface area (Å²) in [6.45, 7) is 1.60. The first-order valence-electron chi connectivity index (χ1n) is 3.00. The van der Waals surface area contributed by atoms with Crippen molar-refractivity contribution in [3.63, 3.8) is 0 Å². The summed E-state index contributed by atoms with van der Waals surface area (Å²) in [4.78, 5) is 0. The molecule has 1 rings (SSSR count). The summed E-state index contributed by atoms with van der Waals surface area (Å²) in [5.41, 5.74) is 3.95. The van der Waals surface area contributed by atoms with Gasteiger partial charge in [-0.3, -0.25) is 0 Å². The number of allylic oxidation sites excluding steroid dienone is 2. The lowest BCUT2D eigenvalue weighted by molar-refractivity contribution is -0.121. The molecule has 0 amide bonds. The largest absolute Gasteiger partial charge is 0.394 e. The summed E-state index contributed by atoms with van der Waals surface area (Å²) < 4.78 is 35.0. The van der Waals surface area contributed by atoms with Crippen molar-refractivity contribution < 1.29 is 13.2 Å². The maximum absolute atomic E-state index is 11.7. The van der Waals surface area contributed by atoms with Gasteiger partial charge in [0.25, 0.3) is 0 Å². The van der Waals surface area contributed by atoms with Crippen molar-refractivity contribution in [2.75, 3.05) is 0 Å². The first-order chi connectivity index (χ1) is 4.97. The van der Waals surface area contributed by atoms with Crippen molar-refractivity contribution in [2.45, 2.75) is 19.5 Å². The minimum atomic E-state index is -4.19. The minimum absolute atomic E-state index is 0.0185. The van der Waals surface area contributed by atoms with E-state index in [1.54, 1.807) is 6.92 Å². The van der Waals surface area contributed by atoms with Crippen molar-refractivity contribution in [3.8, 4) is 0 Å². The van der Waals surface area contributed by atoms with Crippen LogP contribution in [0.15, 0.2) is 16.9 Å². The van der Waals surface area contributed by atoms with Gasteiger partial charge in [-0.25, -0.2) is 0 Å². The Labute approximate surface area is 61.8 Å². The molecule has 0 aromatic rings. The van der Waals surface area contributed by atoms with E-state index in [0.29, 0.717) is 5.70 Å². The van der Waals surface area contributed by atoms with Gasteiger partial charge >= 0.3 is 6.18 Å². The summed E-state index contributed by atoms with van der Waals surface area (Å²) in [6, 6.07) is 0. The van der Waals surface area contributed by atoms with Crippen molar-refractivity contribution in [2.24, 2.45) is 5.10 Å². The standard InChI is InChI=1S/C6H6F3N2/c1-4-2-5(11-10-4)3-6(7,8)9/h2H,3H2,1H3. The van der Waals surface area contributed by atoms with E-state index in [-0.39, 0.29) is 5.71 Å². The van der Waals surface area contributed by atoms with Gasteiger partial charge in [0.1, 0.15) is 0 Å². The number of nitrogens with zero attached hydrogens (tertiary/aromatic N) is 2. The van der Waals surface area contributed by atoms with E-state index in [0.717, 1.165) is 0 Å². The van der Waals surface area contributed by atoms with Crippen LogP contribution in [0.25, 0.3) is 0 Å². The third-order valence-corrected chi connectivity index (χ3v) is 1.09. The highest BCUT2D eigenvalue weighted by Crippen LogP contribution is 2.22. The molecule has 1 aliphatic rings. The lowest BCUT2D eigenvalue weighted by Crippen LogP contribution is -2.12. The van der Waals surface area contributed by atoms with Gasteiger partial charge in [0.05, 0.1) is 17.8 Å². The number of alkyl halides is 3. The average molecular weight is 163 g/mol. The first-order valence-corrected chi connectivity index (χ1v) is 3.00. The number of halogens is 3. The summed E-state index contributed by atoms with van der Waals surface area (Å²) in [5.74, 6) is 0. The molecular weight excluding hydrogens is 157 g/mol. The van der Waals surface area contributed by atoms with Gasteiger partial charge < -0.3 is 0 Å². The Morgan fingerprint density at radius 1 is 1.45 bits per heavy atom. The van der Waals surface area contributed by atoms with E-state index in [1.165, 1.54) is 6.08 Å². The summed E-state index contributed by atoms with van der Waals surface area (Å²) in [6.07, 6.45) is -3.85. The van der Waals surface area contributed by atoms with E-state index < -0.39 is 12.6 Å². The quantitative estimate of drug-likeness (QED) is 0.563. The highest BCUT2D eigenvalue weighted by atomic mass is 19.4. The second-order valence-corrected chi connectivity index (χ2v) is 2.27. The molecule has 0 saturated carbocycles. The van der Waals surface area contributed by atoms with E-state index in [1.807, 2.05) is 0 Å². The molecule has 0 N–H and O–H groups in total. The van der Waals surface area contributed by atoms with Gasteiger partial charge in [0.15, 0.2) is 0 Å². The fourth-order valence-electron chi connectivity index (χ4n) is 0.734. The molecule has 0 aromatic heterocycles. The van der Waals surface area contributed by atoms with E-state index >= 15 is 0 Å². The SMILES string of the molecule is CC1=CC(CC(F)(F)F)=N[N]1. The van der Waals surface area contributed by atoms with E-state index in [2.05, 4.69) is 10.5 Å². The molecule has 1 radical (unpaired) electrons. The van der Waals surface area contributed by atoms with Gasteiger partial charge in [0.2, 0.25) is 0 Å². The molecular formula is C6H6F3N2. The monoisotopic (exact) mass is 163 g/mol. The molecule has 0 bridgehead atoms. The van der Waals surface area contributed by atoms with Crippen LogP contribution in [0.5, 0.6) is 0 Å². The molecule has 0 saturated heterocycles. The molecule has 0 atom stereocenters. The summed E-state index contributed by atoms with van der Waals surface area (Å²) in [5, 5.41) is 3.33. The number of hydrogen-bond acceptors (Lipinski definition) is 1. The molecule has 0 unspecified atom stereocenters. The fraction of sp³-hybridized carbons (Fsp3) is 0.500. The van der Waals surface area contributed by atoms with Gasteiger partial charge in [-0.15, -0.1) is 0 Å². The van der Waals surface area contributed by atoms with Gasteiger partial charge in [-0.05, 0) is 13.0 Å². The van der Waals surface area contributed by atoms with Crippen molar-refractivity contribution >= 4 is 5.71 Å². The summed E-state index contributed by atoms with van der Waals surface area (Å²) >= 11 is 0. The van der Waals surface area contributed by atoms with E-state index in [9.17, 15) is 13.2 Å².